The second-order valence-electron chi connectivity index (χ2n) is 4.13. The first-order chi connectivity index (χ1) is 9.02. The van der Waals surface area contributed by atoms with E-state index in [0.29, 0.717) is 22.6 Å². The molecule has 2 rings (SSSR count). The maximum Gasteiger partial charge on any atom is 0.265 e. The van der Waals surface area contributed by atoms with E-state index < -0.39 is 0 Å². The van der Waals surface area contributed by atoms with Crippen molar-refractivity contribution in [2.45, 2.75) is 13.5 Å². The van der Waals surface area contributed by atoms with Gasteiger partial charge in [-0.1, -0.05) is 6.07 Å². The number of anilines is 1. The Hall–Kier alpha value is -1.82. The van der Waals surface area contributed by atoms with Gasteiger partial charge in [-0.05, 0) is 34.5 Å². The lowest BCUT2D eigenvalue weighted by Crippen LogP contribution is -2.23. The van der Waals surface area contributed by atoms with E-state index in [1.54, 1.807) is 26.3 Å². The highest BCUT2D eigenvalue weighted by atomic mass is 79.9. The fraction of sp³-hybridized carbons (Fsp3) is 0.231. The number of halogens is 1. The largest absolute Gasteiger partial charge is 0.481 e. The van der Waals surface area contributed by atoms with Crippen LogP contribution in [0.2, 0.25) is 0 Å². The molecule has 0 atom stereocenters. The molecule has 0 amide bonds. The van der Waals surface area contributed by atoms with E-state index in [4.69, 9.17) is 10.5 Å². The van der Waals surface area contributed by atoms with Crippen LogP contribution in [0, 0.1) is 6.92 Å². The lowest BCUT2D eigenvalue weighted by molar-refractivity contribution is 0.396. The molecule has 2 aromatic heterocycles. The minimum Gasteiger partial charge on any atom is -0.481 e. The highest BCUT2D eigenvalue weighted by Crippen LogP contribution is 2.17. The van der Waals surface area contributed by atoms with E-state index in [-0.39, 0.29) is 5.56 Å². The Labute approximate surface area is 119 Å². The maximum atomic E-state index is 12.1. The van der Waals surface area contributed by atoms with E-state index in [1.165, 1.54) is 4.57 Å². The summed E-state index contributed by atoms with van der Waals surface area (Å²) >= 11 is 3.26. The van der Waals surface area contributed by atoms with E-state index in [9.17, 15) is 4.79 Å². The van der Waals surface area contributed by atoms with Crippen LogP contribution in [0.15, 0.2) is 33.7 Å². The van der Waals surface area contributed by atoms with E-state index >= 15 is 0 Å². The molecule has 0 aliphatic heterocycles. The van der Waals surface area contributed by atoms with Crippen LogP contribution in [-0.4, -0.2) is 16.7 Å². The van der Waals surface area contributed by atoms with Crippen molar-refractivity contribution in [3.8, 4) is 5.88 Å². The highest BCUT2D eigenvalue weighted by molar-refractivity contribution is 9.10. The van der Waals surface area contributed by atoms with Crippen LogP contribution in [0.1, 0.15) is 11.3 Å². The van der Waals surface area contributed by atoms with Crippen molar-refractivity contribution in [1.82, 2.24) is 9.55 Å². The molecule has 2 heterocycles. The molecule has 5 nitrogen and oxygen atoms in total. The number of hydrogen-bond donors (Lipinski definition) is 1. The fourth-order valence-corrected chi connectivity index (χ4v) is 2.14. The number of rotatable bonds is 3. The molecule has 19 heavy (non-hydrogen) atoms. The van der Waals surface area contributed by atoms with Crippen LogP contribution in [0.4, 0.5) is 5.69 Å². The van der Waals surface area contributed by atoms with Gasteiger partial charge in [-0.3, -0.25) is 4.79 Å². The molecular formula is C13H14BrN3O2. The molecule has 0 unspecified atom stereocenters. The molecule has 6 heteroatoms. The third-order valence-corrected chi connectivity index (χ3v) is 3.76. The molecule has 0 fully saturated rings. The van der Waals surface area contributed by atoms with Gasteiger partial charge in [0.2, 0.25) is 5.88 Å². The van der Waals surface area contributed by atoms with Crippen molar-refractivity contribution in [3.63, 3.8) is 0 Å². The topological polar surface area (TPSA) is 70.1 Å². The zero-order valence-electron chi connectivity index (χ0n) is 10.7. The van der Waals surface area contributed by atoms with Crippen molar-refractivity contribution < 1.29 is 4.74 Å². The van der Waals surface area contributed by atoms with Crippen molar-refractivity contribution in [1.29, 1.82) is 0 Å². The third kappa shape index (κ3) is 2.78. The molecule has 100 valence electrons. The van der Waals surface area contributed by atoms with Crippen LogP contribution in [-0.2, 0) is 6.54 Å². The normalized spacial score (nSPS) is 10.5. The van der Waals surface area contributed by atoms with Gasteiger partial charge in [0, 0.05) is 12.3 Å². The molecule has 0 saturated carbocycles. The smallest absolute Gasteiger partial charge is 0.265 e. The zero-order chi connectivity index (χ0) is 14.0. The minimum atomic E-state index is -0.128. The Bertz CT molecular complexity index is 667. The van der Waals surface area contributed by atoms with Crippen molar-refractivity contribution >= 4 is 21.6 Å². The molecule has 2 N–H and O–H groups in total. The number of methoxy groups -OCH3 is 1. The first-order valence-electron chi connectivity index (χ1n) is 5.68. The summed E-state index contributed by atoms with van der Waals surface area (Å²) in [5, 5.41) is 0. The second-order valence-corrected chi connectivity index (χ2v) is 4.92. The summed E-state index contributed by atoms with van der Waals surface area (Å²) in [6, 6.07) is 5.42. The van der Waals surface area contributed by atoms with Crippen LogP contribution in [0.3, 0.4) is 0 Å². The number of ether oxygens (including phenoxy) is 1. The summed E-state index contributed by atoms with van der Waals surface area (Å²) in [5.74, 6) is 0.518. The standard InChI is InChI=1S/C13H14BrN3O2/c1-8-10(15)7-17(13(18)12(8)14)6-9-4-3-5-11(16-9)19-2/h3-5,7H,6,15H2,1-2H3. The van der Waals surface area contributed by atoms with E-state index in [0.717, 1.165) is 11.3 Å². The predicted molar refractivity (Wildman–Crippen MR) is 77.4 cm³/mol. The molecule has 0 saturated heterocycles. The van der Waals surface area contributed by atoms with Gasteiger partial charge in [-0.15, -0.1) is 0 Å². The van der Waals surface area contributed by atoms with Gasteiger partial charge in [0.1, 0.15) is 0 Å². The van der Waals surface area contributed by atoms with Gasteiger partial charge in [-0.2, -0.15) is 0 Å². The minimum absolute atomic E-state index is 0.128. The molecule has 0 radical (unpaired) electrons. The van der Waals surface area contributed by atoms with Gasteiger partial charge in [0.25, 0.3) is 5.56 Å². The SMILES string of the molecule is COc1cccc(Cn2cc(N)c(C)c(Br)c2=O)n1. The average molecular weight is 324 g/mol. The number of pyridine rings is 2. The Morgan fingerprint density at radius 1 is 1.47 bits per heavy atom. The van der Waals surface area contributed by atoms with Gasteiger partial charge in [-0.25, -0.2) is 4.98 Å². The zero-order valence-corrected chi connectivity index (χ0v) is 12.3. The third-order valence-electron chi connectivity index (χ3n) is 2.83. The average Bonchev–Trinajstić information content (AvgIpc) is 2.42. The summed E-state index contributed by atoms with van der Waals surface area (Å²) < 4.78 is 7.06. The molecule has 0 aliphatic carbocycles. The van der Waals surface area contributed by atoms with Gasteiger partial charge in [0.15, 0.2) is 0 Å². The molecule has 0 aromatic carbocycles. The lowest BCUT2D eigenvalue weighted by atomic mass is 10.2. The van der Waals surface area contributed by atoms with Crippen LogP contribution >= 0.6 is 15.9 Å². The lowest BCUT2D eigenvalue weighted by Gasteiger charge is -2.10. The Kier molecular flexibility index (Phi) is 3.90. The predicted octanol–water partition coefficient (Wildman–Crippen LogP) is 1.95. The maximum absolute atomic E-state index is 12.1. The molecule has 0 spiro atoms. The van der Waals surface area contributed by atoms with Gasteiger partial charge < -0.3 is 15.0 Å². The summed E-state index contributed by atoms with van der Waals surface area (Å²) in [6.07, 6.45) is 1.63. The molecular weight excluding hydrogens is 310 g/mol. The van der Waals surface area contributed by atoms with Crippen molar-refractivity contribution in [3.05, 3.63) is 50.5 Å². The molecule has 0 bridgehead atoms. The summed E-state index contributed by atoms with van der Waals surface area (Å²) in [7, 11) is 1.55. The number of nitrogens with two attached hydrogens (primary N) is 1. The fourth-order valence-electron chi connectivity index (χ4n) is 1.69. The van der Waals surface area contributed by atoms with Crippen LogP contribution < -0.4 is 16.0 Å². The van der Waals surface area contributed by atoms with Gasteiger partial charge in [0.05, 0.1) is 29.5 Å². The quantitative estimate of drug-likeness (QED) is 0.937. The van der Waals surface area contributed by atoms with E-state index in [1.807, 2.05) is 12.1 Å². The first kappa shape index (κ1) is 13.6. The monoisotopic (exact) mass is 323 g/mol. The Morgan fingerprint density at radius 3 is 2.89 bits per heavy atom. The molecule has 0 aliphatic rings. The van der Waals surface area contributed by atoms with Crippen molar-refractivity contribution in [2.24, 2.45) is 0 Å². The molecule has 2 aromatic rings. The van der Waals surface area contributed by atoms with Crippen molar-refractivity contribution in [2.75, 3.05) is 12.8 Å². The first-order valence-corrected chi connectivity index (χ1v) is 6.47. The van der Waals surface area contributed by atoms with Crippen LogP contribution in [0.5, 0.6) is 5.88 Å². The highest BCUT2D eigenvalue weighted by Gasteiger charge is 2.09. The van der Waals surface area contributed by atoms with Crippen LogP contribution in [0.25, 0.3) is 0 Å². The Balaban J connectivity index is 2.41. The number of nitrogen functional groups attached to an aromatic ring is 1. The Morgan fingerprint density at radius 2 is 2.21 bits per heavy atom. The summed E-state index contributed by atoms with van der Waals surface area (Å²) in [5.41, 5.74) is 7.78. The number of nitrogens with zero attached hydrogens (tertiary/aromatic N) is 2. The number of hydrogen-bond acceptors (Lipinski definition) is 4. The summed E-state index contributed by atoms with van der Waals surface area (Å²) in [6.45, 7) is 2.15. The van der Waals surface area contributed by atoms with E-state index in [2.05, 4.69) is 20.9 Å². The second kappa shape index (κ2) is 5.44. The number of aromatic nitrogens is 2. The summed E-state index contributed by atoms with van der Waals surface area (Å²) in [4.78, 5) is 16.4. The van der Waals surface area contributed by atoms with Gasteiger partial charge >= 0.3 is 0 Å².